The number of benzene rings is 2. The molecule has 4 heteroatoms. The summed E-state index contributed by atoms with van der Waals surface area (Å²) in [5, 5.41) is 10.0. The van der Waals surface area contributed by atoms with E-state index < -0.39 is 0 Å². The first-order valence-electron chi connectivity index (χ1n) is 13.8. The number of phenols is 1. The number of ether oxygens (including phenoxy) is 1. The number of allylic oxidation sites excluding steroid dienone is 2. The molecule has 1 N–H and O–H groups in total. The number of aliphatic imine (C=N–C) groups is 1. The van der Waals surface area contributed by atoms with Crippen molar-refractivity contribution in [1.29, 1.82) is 0 Å². The van der Waals surface area contributed by atoms with Gasteiger partial charge in [-0.25, -0.2) is 0 Å². The Labute approximate surface area is 224 Å². The quantitative estimate of drug-likeness (QED) is 0.283. The molecule has 2 atom stereocenters. The van der Waals surface area contributed by atoms with Crippen LogP contribution in [0.2, 0.25) is 0 Å². The molecule has 0 saturated heterocycles. The predicted octanol–water partition coefficient (Wildman–Crippen LogP) is 7.64. The molecular weight excluding hydrogens is 456 g/mol. The molecule has 200 valence electrons. The first kappa shape index (κ1) is 28.7. The van der Waals surface area contributed by atoms with Crippen molar-refractivity contribution in [3.05, 3.63) is 82.6 Å². The molecule has 0 amide bonds. The summed E-state index contributed by atoms with van der Waals surface area (Å²) in [6.45, 7) is 13.4. The van der Waals surface area contributed by atoms with Gasteiger partial charge in [0.2, 0.25) is 0 Å². The lowest BCUT2D eigenvalue weighted by atomic mass is 9.78. The molecule has 1 heterocycles. The Morgan fingerprint density at radius 2 is 1.95 bits per heavy atom. The van der Waals surface area contributed by atoms with Crippen molar-refractivity contribution < 1.29 is 9.84 Å². The fourth-order valence-corrected chi connectivity index (χ4v) is 4.85. The van der Waals surface area contributed by atoms with Crippen LogP contribution in [0.25, 0.3) is 0 Å². The zero-order chi connectivity index (χ0) is 26.9. The molecule has 37 heavy (non-hydrogen) atoms. The van der Waals surface area contributed by atoms with Gasteiger partial charge in [0.15, 0.2) is 0 Å². The summed E-state index contributed by atoms with van der Waals surface area (Å²) in [6, 6.07) is 12.6. The third-order valence-corrected chi connectivity index (χ3v) is 7.70. The van der Waals surface area contributed by atoms with E-state index in [9.17, 15) is 5.11 Å². The highest BCUT2D eigenvalue weighted by molar-refractivity contribution is 5.55. The summed E-state index contributed by atoms with van der Waals surface area (Å²) < 4.78 is 6.23. The molecule has 2 aromatic rings. The van der Waals surface area contributed by atoms with Crippen LogP contribution in [0.3, 0.4) is 0 Å². The lowest BCUT2D eigenvalue weighted by Gasteiger charge is -2.27. The van der Waals surface area contributed by atoms with Crippen LogP contribution in [-0.4, -0.2) is 43.0 Å². The van der Waals surface area contributed by atoms with Gasteiger partial charge in [0.1, 0.15) is 17.6 Å². The number of nitrogens with zero attached hydrogens (tertiary/aromatic N) is 2. The van der Waals surface area contributed by atoms with Crippen molar-refractivity contribution in [2.75, 3.05) is 20.6 Å². The number of hydrogen-bond acceptors (Lipinski definition) is 4. The molecular formula is C33H46N2O2. The number of hydrogen-bond donors (Lipinski definition) is 1. The van der Waals surface area contributed by atoms with Crippen molar-refractivity contribution in [1.82, 2.24) is 4.90 Å². The van der Waals surface area contributed by atoms with E-state index in [4.69, 9.17) is 4.74 Å². The number of fused-ring (bicyclic) bond motifs is 1. The third-order valence-electron chi connectivity index (χ3n) is 7.70. The standard InChI is InChI=1S/C24H28O2.C9H18N2/c1-15-7-9-20(13-22(15)25)17(3)24-14-21-12-18(8-10-23(21)26-24)11-16(2)19-5-4-6-19;1-5-9(10-6-2)7-8-11(3)4/h7-10,12-13,17,19,24-25H,2,4-6,11,14H2,1,3H3;5-6H,7-8H2,1-4H3/b;9-5-,10-6?. The first-order valence-corrected chi connectivity index (χ1v) is 13.8. The highest BCUT2D eigenvalue weighted by atomic mass is 16.5. The Kier molecular flexibility index (Phi) is 10.6. The lowest BCUT2D eigenvalue weighted by molar-refractivity contribution is 0.205. The monoisotopic (exact) mass is 502 g/mol. The molecule has 2 aromatic carbocycles. The second kappa shape index (κ2) is 13.6. The Morgan fingerprint density at radius 3 is 2.54 bits per heavy atom. The van der Waals surface area contributed by atoms with E-state index in [1.807, 2.05) is 39.1 Å². The van der Waals surface area contributed by atoms with E-state index in [1.54, 1.807) is 0 Å². The van der Waals surface area contributed by atoms with Gasteiger partial charge in [0.25, 0.3) is 0 Å². The zero-order valence-corrected chi connectivity index (χ0v) is 23.8. The van der Waals surface area contributed by atoms with E-state index in [0.717, 1.165) is 48.6 Å². The minimum atomic E-state index is 0.122. The van der Waals surface area contributed by atoms with E-state index in [0.29, 0.717) is 5.75 Å². The topological polar surface area (TPSA) is 45.1 Å². The second-order valence-electron chi connectivity index (χ2n) is 10.8. The average molecular weight is 503 g/mol. The van der Waals surface area contributed by atoms with Gasteiger partial charge in [0, 0.05) is 37.2 Å². The maximum atomic E-state index is 10.0. The Hall–Kier alpha value is -2.85. The predicted molar refractivity (Wildman–Crippen MR) is 157 cm³/mol. The summed E-state index contributed by atoms with van der Waals surface area (Å²) in [4.78, 5) is 6.39. The molecule has 1 fully saturated rings. The van der Waals surface area contributed by atoms with E-state index >= 15 is 0 Å². The first-order chi connectivity index (χ1) is 17.7. The maximum Gasteiger partial charge on any atom is 0.123 e. The van der Waals surface area contributed by atoms with Crippen molar-refractivity contribution in [2.24, 2.45) is 10.9 Å². The fourth-order valence-electron chi connectivity index (χ4n) is 4.85. The normalized spacial score (nSPS) is 18.1. The molecule has 0 bridgehead atoms. The molecule has 1 aliphatic carbocycles. The molecule has 4 nitrogen and oxygen atoms in total. The van der Waals surface area contributed by atoms with Crippen LogP contribution in [0.5, 0.6) is 11.5 Å². The van der Waals surface area contributed by atoms with E-state index in [-0.39, 0.29) is 12.0 Å². The van der Waals surface area contributed by atoms with E-state index in [1.165, 1.54) is 41.7 Å². The van der Waals surface area contributed by atoms with E-state index in [2.05, 4.69) is 67.8 Å². The fraction of sp³-hybridized carbons (Fsp3) is 0.485. The third kappa shape index (κ3) is 8.07. The summed E-state index contributed by atoms with van der Waals surface area (Å²) in [5.41, 5.74) is 7.25. The Morgan fingerprint density at radius 1 is 1.19 bits per heavy atom. The minimum Gasteiger partial charge on any atom is -0.508 e. The second-order valence-corrected chi connectivity index (χ2v) is 10.8. The summed E-state index contributed by atoms with van der Waals surface area (Å²) >= 11 is 0. The summed E-state index contributed by atoms with van der Waals surface area (Å²) in [7, 11) is 4.14. The van der Waals surface area contributed by atoms with Gasteiger partial charge in [0.05, 0.1) is 0 Å². The molecule has 1 saturated carbocycles. The van der Waals surface area contributed by atoms with Crippen molar-refractivity contribution in [3.8, 4) is 11.5 Å². The van der Waals surface area contributed by atoms with Gasteiger partial charge in [-0.1, -0.05) is 55.8 Å². The van der Waals surface area contributed by atoms with Crippen LogP contribution in [0.1, 0.15) is 74.6 Å². The van der Waals surface area contributed by atoms with Crippen molar-refractivity contribution in [2.45, 2.75) is 78.2 Å². The zero-order valence-electron chi connectivity index (χ0n) is 23.8. The molecule has 0 aromatic heterocycles. The van der Waals surface area contributed by atoms with Gasteiger partial charge < -0.3 is 14.7 Å². The lowest BCUT2D eigenvalue weighted by Crippen LogP contribution is -2.21. The van der Waals surface area contributed by atoms with Gasteiger partial charge in [-0.15, -0.1) is 0 Å². The average Bonchev–Trinajstić information content (AvgIpc) is 3.25. The Balaban J connectivity index is 0.000000295. The summed E-state index contributed by atoms with van der Waals surface area (Å²) in [5.74, 6) is 2.35. The van der Waals surface area contributed by atoms with Crippen molar-refractivity contribution >= 4 is 6.21 Å². The van der Waals surface area contributed by atoms with Gasteiger partial charge in [-0.3, -0.25) is 4.99 Å². The largest absolute Gasteiger partial charge is 0.508 e. The molecule has 2 aliphatic rings. The van der Waals surface area contributed by atoms with Crippen LogP contribution in [0, 0.1) is 12.8 Å². The molecule has 0 radical (unpaired) electrons. The van der Waals surface area contributed by atoms with Crippen molar-refractivity contribution in [3.63, 3.8) is 0 Å². The maximum absolute atomic E-state index is 10.0. The highest BCUT2D eigenvalue weighted by Gasteiger charge is 2.29. The molecule has 2 unspecified atom stereocenters. The minimum absolute atomic E-state index is 0.122. The SMILES string of the molecule is C=C(Cc1ccc2c(c1)CC(C(C)c1ccc(C)c(O)c1)O2)C1CCC1.CC=N/C(=C\C)CCN(C)C. The Bertz CT molecular complexity index is 1110. The molecule has 0 spiro atoms. The summed E-state index contributed by atoms with van der Waals surface area (Å²) in [6.07, 6.45) is 11.0. The smallest absolute Gasteiger partial charge is 0.123 e. The van der Waals surface area contributed by atoms with Gasteiger partial charge >= 0.3 is 0 Å². The number of aryl methyl sites for hydroxylation is 1. The molecule has 4 rings (SSSR count). The molecule has 1 aliphatic heterocycles. The van der Waals surface area contributed by atoms with Crippen LogP contribution in [0.15, 0.2) is 65.3 Å². The highest BCUT2D eigenvalue weighted by Crippen LogP contribution is 2.38. The number of rotatable bonds is 9. The number of phenolic OH excluding ortho intramolecular Hbond substituents is 1. The number of aromatic hydroxyl groups is 1. The van der Waals surface area contributed by atoms with Gasteiger partial charge in [-0.05, 0) is 94.4 Å². The van der Waals surface area contributed by atoms with Crippen LogP contribution in [-0.2, 0) is 12.8 Å². The van der Waals surface area contributed by atoms with Crippen LogP contribution < -0.4 is 4.74 Å². The van der Waals surface area contributed by atoms with Gasteiger partial charge in [-0.2, -0.15) is 0 Å². The van der Waals surface area contributed by atoms with Crippen LogP contribution >= 0.6 is 0 Å². The van der Waals surface area contributed by atoms with Crippen LogP contribution in [0.4, 0.5) is 0 Å².